The Bertz CT molecular complexity index is 2940. The smallest absolute Gasteiger partial charge is 0.100 e. The summed E-state index contributed by atoms with van der Waals surface area (Å²) in [5, 5.41) is 18.2. The summed E-state index contributed by atoms with van der Waals surface area (Å²) in [7, 11) is 0. The lowest BCUT2D eigenvalue weighted by molar-refractivity contribution is 0.456. The molecule has 1 aliphatic heterocycles. The van der Waals surface area contributed by atoms with Crippen molar-refractivity contribution in [3.8, 4) is 5.69 Å². The molecule has 3 nitrogen and oxygen atoms in total. The van der Waals surface area contributed by atoms with Crippen LogP contribution in [0.4, 0.5) is 0 Å². The number of benzene rings is 7. The predicted octanol–water partition coefficient (Wildman–Crippen LogP) is 11.8. The van der Waals surface area contributed by atoms with Gasteiger partial charge in [-0.1, -0.05) is 158 Å². The molecule has 0 fully saturated rings. The largest absolute Gasteiger partial charge is 0.366 e. The maximum Gasteiger partial charge on any atom is 0.100 e. The summed E-state index contributed by atoms with van der Waals surface area (Å²) in [6.07, 6.45) is 16.9. The van der Waals surface area contributed by atoms with Crippen LogP contribution in [0.5, 0.6) is 0 Å². The molecule has 3 unspecified atom stereocenters. The van der Waals surface area contributed by atoms with Crippen LogP contribution < -0.4 is 10.6 Å². The van der Waals surface area contributed by atoms with Crippen molar-refractivity contribution >= 4 is 59.8 Å². The van der Waals surface area contributed by atoms with Gasteiger partial charge in [0.15, 0.2) is 0 Å². The van der Waals surface area contributed by atoms with E-state index in [9.17, 15) is 0 Å². The Balaban J connectivity index is 1.12. The summed E-state index contributed by atoms with van der Waals surface area (Å²) in [5.41, 5.74) is 9.96. The van der Waals surface area contributed by atoms with Crippen molar-refractivity contribution in [1.82, 2.24) is 15.2 Å². The molecule has 0 saturated carbocycles. The van der Waals surface area contributed by atoms with E-state index in [0.29, 0.717) is 5.92 Å². The molecule has 11 rings (SSSR count). The van der Waals surface area contributed by atoms with Crippen LogP contribution in [0.15, 0.2) is 193 Å². The molecule has 3 atom stereocenters. The number of allylic oxidation sites excluding steroid dienone is 7. The zero-order valence-electron chi connectivity index (χ0n) is 29.2. The van der Waals surface area contributed by atoms with Gasteiger partial charge in [-0.3, -0.25) is 5.32 Å². The van der Waals surface area contributed by atoms with Crippen molar-refractivity contribution in [2.75, 3.05) is 0 Å². The summed E-state index contributed by atoms with van der Waals surface area (Å²) in [6.45, 7) is 0. The van der Waals surface area contributed by atoms with Gasteiger partial charge in [-0.2, -0.15) is 0 Å². The molecule has 7 aromatic carbocycles. The molecule has 0 radical (unpaired) electrons. The van der Waals surface area contributed by atoms with E-state index in [4.69, 9.17) is 0 Å². The topological polar surface area (TPSA) is 29.0 Å². The third-order valence-corrected chi connectivity index (χ3v) is 11.6. The van der Waals surface area contributed by atoms with E-state index in [0.717, 1.165) is 17.8 Å². The van der Waals surface area contributed by atoms with Gasteiger partial charge < -0.3 is 9.88 Å². The van der Waals surface area contributed by atoms with Crippen molar-refractivity contribution < 1.29 is 0 Å². The zero-order chi connectivity index (χ0) is 34.9. The van der Waals surface area contributed by atoms with E-state index >= 15 is 0 Å². The van der Waals surface area contributed by atoms with Crippen molar-refractivity contribution in [3.63, 3.8) is 0 Å². The number of nitrogens with one attached hydrogen (secondary N) is 2. The van der Waals surface area contributed by atoms with Gasteiger partial charge in [-0.05, 0) is 74.5 Å². The first-order valence-electron chi connectivity index (χ1n) is 18.7. The van der Waals surface area contributed by atoms with Gasteiger partial charge in [0.2, 0.25) is 0 Å². The Kier molecular flexibility index (Phi) is 6.89. The maximum atomic E-state index is 4.02. The Labute approximate surface area is 308 Å². The predicted molar refractivity (Wildman–Crippen MR) is 223 cm³/mol. The molecule has 3 heteroatoms. The molecular formula is C50H37N3. The lowest BCUT2D eigenvalue weighted by Crippen LogP contribution is -2.48. The van der Waals surface area contributed by atoms with E-state index in [1.807, 2.05) is 0 Å². The molecule has 53 heavy (non-hydrogen) atoms. The van der Waals surface area contributed by atoms with Crippen LogP contribution in [0.1, 0.15) is 23.6 Å². The molecule has 252 valence electrons. The summed E-state index contributed by atoms with van der Waals surface area (Å²) in [6, 6.07) is 51.2. The molecule has 2 heterocycles. The quantitative estimate of drug-likeness (QED) is 0.181. The van der Waals surface area contributed by atoms with Gasteiger partial charge in [0.05, 0.1) is 17.1 Å². The van der Waals surface area contributed by atoms with Gasteiger partial charge in [0, 0.05) is 38.8 Å². The van der Waals surface area contributed by atoms with Gasteiger partial charge in [-0.25, -0.2) is 0 Å². The second-order valence-corrected chi connectivity index (χ2v) is 14.6. The Hall–Kier alpha value is -6.42. The zero-order valence-corrected chi connectivity index (χ0v) is 29.2. The highest BCUT2D eigenvalue weighted by molar-refractivity contribution is 6.36. The number of para-hydroxylation sites is 1. The van der Waals surface area contributed by atoms with E-state index in [1.54, 1.807) is 0 Å². The molecule has 0 saturated heterocycles. The monoisotopic (exact) mass is 679 g/mol. The first-order chi connectivity index (χ1) is 26.3. The van der Waals surface area contributed by atoms with E-state index in [2.05, 4.69) is 197 Å². The number of nitrogens with zero attached hydrogens (tertiary/aromatic N) is 1. The number of hydrogen-bond acceptors (Lipinski definition) is 2. The minimum absolute atomic E-state index is 0.000847. The molecule has 0 spiro atoms. The maximum absolute atomic E-state index is 4.02. The van der Waals surface area contributed by atoms with Gasteiger partial charge >= 0.3 is 0 Å². The average Bonchev–Trinajstić information content (AvgIpc) is 3.59. The molecular weight excluding hydrogens is 643 g/mol. The molecule has 0 bridgehead atoms. The third kappa shape index (κ3) is 4.85. The lowest BCUT2D eigenvalue weighted by atomic mass is 9.83. The summed E-state index contributed by atoms with van der Waals surface area (Å²) < 4.78 is 2.51. The summed E-state index contributed by atoms with van der Waals surface area (Å²) in [5.74, 6) is 0.412. The third-order valence-electron chi connectivity index (χ3n) is 11.6. The minimum atomic E-state index is -0.00204. The summed E-state index contributed by atoms with van der Waals surface area (Å²) >= 11 is 0. The van der Waals surface area contributed by atoms with Crippen LogP contribution in [-0.2, 0) is 0 Å². The van der Waals surface area contributed by atoms with E-state index < -0.39 is 0 Å². The highest BCUT2D eigenvalue weighted by Gasteiger charge is 2.29. The number of aromatic nitrogens is 1. The van der Waals surface area contributed by atoms with Crippen molar-refractivity contribution in [1.29, 1.82) is 0 Å². The van der Waals surface area contributed by atoms with E-state index in [1.165, 1.54) is 76.4 Å². The van der Waals surface area contributed by atoms with Crippen LogP contribution in [0.2, 0.25) is 0 Å². The fourth-order valence-electron chi connectivity index (χ4n) is 9.10. The van der Waals surface area contributed by atoms with Crippen LogP contribution >= 0.6 is 0 Å². The van der Waals surface area contributed by atoms with E-state index in [-0.39, 0.29) is 12.2 Å². The highest BCUT2D eigenvalue weighted by atomic mass is 15.2. The fourth-order valence-corrected chi connectivity index (χ4v) is 9.10. The van der Waals surface area contributed by atoms with Crippen molar-refractivity contribution in [2.45, 2.75) is 18.6 Å². The van der Waals surface area contributed by atoms with Gasteiger partial charge in [0.25, 0.3) is 0 Å². The summed E-state index contributed by atoms with van der Waals surface area (Å²) in [4.78, 5) is 0. The number of rotatable bonds is 4. The second kappa shape index (κ2) is 12.1. The Morgan fingerprint density at radius 1 is 0.604 bits per heavy atom. The van der Waals surface area contributed by atoms with Crippen LogP contribution in [0.25, 0.3) is 65.5 Å². The molecule has 2 aliphatic carbocycles. The lowest BCUT2D eigenvalue weighted by Gasteiger charge is -2.36. The fraction of sp³-hybridized carbons (Fsp3) is 0.0800. The van der Waals surface area contributed by atoms with Crippen LogP contribution in [-0.4, -0.2) is 10.7 Å². The second-order valence-electron chi connectivity index (χ2n) is 14.6. The van der Waals surface area contributed by atoms with Crippen LogP contribution in [0.3, 0.4) is 0 Å². The van der Waals surface area contributed by atoms with Gasteiger partial charge in [0.1, 0.15) is 6.17 Å². The number of fused-ring (bicyclic) bond motifs is 11. The van der Waals surface area contributed by atoms with Crippen molar-refractivity contribution in [2.24, 2.45) is 5.92 Å². The highest BCUT2D eigenvalue weighted by Crippen LogP contribution is 2.45. The molecule has 0 amide bonds. The number of hydrogen-bond donors (Lipinski definition) is 2. The molecule has 1 aromatic heterocycles. The minimum Gasteiger partial charge on any atom is -0.366 e. The molecule has 8 aromatic rings. The standard InChI is InChI=1S/C50H37N3/c1-2-15-34(16-3-1)44-31-45(52-50(51-44)37-26-25-32-13-4-5-17-35(32)29-37)36-18-12-19-38(30-36)53-46-24-11-10-23-43(46)48-47-39-20-7-6-14-33(39)27-28-41(47)40-21-8-9-22-42(40)49(48)53/h1-28,30-31,35,45,50-52H,29H2. The molecule has 3 aliphatic rings. The van der Waals surface area contributed by atoms with Gasteiger partial charge in [-0.15, -0.1) is 0 Å². The first kappa shape index (κ1) is 30.2. The SMILES string of the molecule is C1=CC2=CC=C(C3NC(c4ccccc4)=CC(c4cccc(-n5c6ccccc6c6c7c8ccccc8ccc7c7ccccc7c65)c4)N3)CC2C=C1. The molecule has 2 N–H and O–H groups in total. The van der Waals surface area contributed by atoms with Crippen LogP contribution in [0, 0.1) is 5.92 Å². The first-order valence-corrected chi connectivity index (χ1v) is 18.7. The average molecular weight is 680 g/mol. The van der Waals surface area contributed by atoms with Crippen molar-refractivity contribution in [3.05, 3.63) is 204 Å². The Morgan fingerprint density at radius 3 is 2.30 bits per heavy atom. The normalized spacial score (nSPS) is 19.7. The Morgan fingerprint density at radius 2 is 1.40 bits per heavy atom.